The van der Waals surface area contributed by atoms with Gasteiger partial charge < -0.3 is 28.3 Å². The second kappa shape index (κ2) is 17.7. The first kappa shape index (κ1) is 39.5. The molecule has 0 bridgehead atoms. The van der Waals surface area contributed by atoms with E-state index < -0.39 is 36.8 Å². The summed E-state index contributed by atoms with van der Waals surface area (Å²) in [6.07, 6.45) is 6.16. The minimum absolute atomic E-state index is 0. The van der Waals surface area contributed by atoms with Crippen LogP contribution in [-0.2, 0) is 45.4 Å². The molecule has 31 heavy (non-hydrogen) atoms. The monoisotopic (exact) mass is 858 g/mol. The standard InChI is InChI=1S/C18H24N2.6CH3.Pt.H2S.S.2Sn/c1-17(2,3)13-7-9-19-15(11-13)16-12-14(8-10-20-16)18(4,5)6;;;;;;;;;;;/h7-12H,1-6H3;6*1H3;;1H2;;;/q;;;;;2*-1;;;;;/p-1. The van der Waals surface area contributed by atoms with Crippen molar-refractivity contribution < 1.29 is 21.1 Å². The van der Waals surface area contributed by atoms with Gasteiger partial charge in [0.15, 0.2) is 0 Å². The molecule has 0 saturated heterocycles. The van der Waals surface area contributed by atoms with E-state index in [1.807, 2.05) is 12.4 Å². The number of aromatic nitrogens is 2. The summed E-state index contributed by atoms with van der Waals surface area (Å²) in [5.74, 6) is 0. The molecule has 0 aliphatic rings. The molecule has 0 spiro atoms. The Balaban J connectivity index is -0.000000291. The summed E-state index contributed by atoms with van der Waals surface area (Å²) in [5, 5.41) is 0. The predicted molar refractivity (Wildman–Crippen MR) is 149 cm³/mol. The Morgan fingerprint density at radius 2 is 0.968 bits per heavy atom. The Bertz CT molecular complexity index is 667. The van der Waals surface area contributed by atoms with E-state index in [-0.39, 0.29) is 60.2 Å². The first-order valence-electron chi connectivity index (χ1n) is 9.52. The Labute approximate surface area is 231 Å². The fraction of sp³-hybridized carbons (Fsp3) is 0.500. The van der Waals surface area contributed by atoms with Crippen molar-refractivity contribution in [3.63, 3.8) is 0 Å². The summed E-state index contributed by atoms with van der Waals surface area (Å²) in [6.45, 7) is 13.3. The van der Waals surface area contributed by atoms with Crippen molar-refractivity contribution in [2.75, 3.05) is 0 Å². The van der Waals surface area contributed by atoms with Crippen LogP contribution in [0.2, 0.25) is 19.8 Å². The van der Waals surface area contributed by atoms with Crippen LogP contribution in [0.4, 0.5) is 0 Å². The fourth-order valence-corrected chi connectivity index (χ4v) is 57.2. The van der Waals surface area contributed by atoms with Crippen LogP contribution in [0.3, 0.4) is 0 Å². The quantitative estimate of drug-likeness (QED) is 0.138. The van der Waals surface area contributed by atoms with E-state index in [9.17, 15) is 0 Å². The van der Waals surface area contributed by atoms with Gasteiger partial charge >= 0.3 is 62.6 Å². The molecule has 2 aromatic rings. The van der Waals surface area contributed by atoms with Crippen LogP contribution < -0.4 is 0 Å². The maximum atomic E-state index is 4.48. The van der Waals surface area contributed by atoms with E-state index >= 15 is 0 Å². The van der Waals surface area contributed by atoms with Gasteiger partial charge in [0.2, 0.25) is 0 Å². The molecule has 7 heteroatoms. The molecule has 0 saturated carbocycles. The molecule has 0 fully saturated rings. The maximum Gasteiger partial charge on any atom is 0 e. The number of thiol groups is 1. The van der Waals surface area contributed by atoms with Gasteiger partial charge in [0.05, 0.1) is 11.4 Å². The molecule has 0 N–H and O–H groups in total. The molecule has 0 unspecified atom stereocenters. The summed E-state index contributed by atoms with van der Waals surface area (Å²) in [5.41, 5.74) is 4.71. The zero-order valence-corrected chi connectivity index (χ0v) is 31.2. The summed E-state index contributed by atoms with van der Waals surface area (Å²) in [7, 11) is 0. The first-order chi connectivity index (χ1) is 12.3. The van der Waals surface area contributed by atoms with Gasteiger partial charge in [-0.2, -0.15) is 0 Å². The van der Waals surface area contributed by atoms with Crippen LogP contribution in [0.25, 0.3) is 11.4 Å². The molecule has 0 atom stereocenters. The van der Waals surface area contributed by atoms with E-state index in [0.29, 0.717) is 0 Å². The third-order valence-electron chi connectivity index (χ3n) is 3.92. The van der Waals surface area contributed by atoms with Crippen molar-refractivity contribution in [3.8, 4) is 11.4 Å². The van der Waals surface area contributed by atoms with Gasteiger partial charge in [-0.15, -0.1) is 0 Å². The van der Waals surface area contributed by atoms with E-state index in [1.165, 1.54) is 11.1 Å². The average Bonchev–Trinajstić information content (AvgIpc) is 2.53. The van der Waals surface area contributed by atoms with E-state index in [1.54, 1.807) is 0 Å². The van der Waals surface area contributed by atoms with Crippen LogP contribution >= 0.6 is 6.13 Å². The van der Waals surface area contributed by atoms with Crippen molar-refractivity contribution in [1.29, 1.82) is 0 Å². The molecule has 2 nitrogen and oxygen atoms in total. The van der Waals surface area contributed by atoms with E-state index in [0.717, 1.165) is 11.4 Å². The Morgan fingerprint density at radius 1 is 0.677 bits per heavy atom. The molecule has 182 valence electrons. The van der Waals surface area contributed by atoms with Crippen LogP contribution in [0.5, 0.6) is 0 Å². The topological polar surface area (TPSA) is 25.8 Å². The Kier molecular flexibility index (Phi) is 22.5. The zero-order valence-electron chi connectivity index (χ0n) is 21.5. The van der Waals surface area contributed by atoms with Crippen molar-refractivity contribution in [1.82, 2.24) is 9.97 Å². The summed E-state index contributed by atoms with van der Waals surface area (Å²) in [4.78, 5) is 18.9. The van der Waals surface area contributed by atoms with E-state index in [4.69, 9.17) is 0 Å². The second-order valence-corrected chi connectivity index (χ2v) is 44.3. The van der Waals surface area contributed by atoms with Crippen molar-refractivity contribution >= 4 is 56.4 Å². The number of hydrogen-bond donors (Lipinski definition) is 0. The van der Waals surface area contributed by atoms with Crippen LogP contribution in [-0.4, -0.2) is 46.7 Å². The third kappa shape index (κ3) is 15.7. The van der Waals surface area contributed by atoms with Gasteiger partial charge in [-0.05, 0) is 46.2 Å². The SMILES string of the molecule is CC(C)(C)c1ccnc(-c2cc(C(C)(C)C)ccn2)c1.[CH3-].[CH3-].[CH3][Sn]([CH3])[S][Sn]([CH3])[CH3].[Pt].[SH-]. The van der Waals surface area contributed by atoms with E-state index in [2.05, 4.69) is 102 Å². The molecule has 2 heterocycles. The molecular formula is C24H43N2PtS2Sn2-3. The summed E-state index contributed by atoms with van der Waals surface area (Å²) >= 11 is -1.37. The fourth-order valence-electron chi connectivity index (χ4n) is 2.48. The normalized spacial score (nSPS) is 10.6. The molecule has 0 aliphatic carbocycles. The minimum atomic E-state index is -0.683. The third-order valence-corrected chi connectivity index (χ3v) is 58.6. The Morgan fingerprint density at radius 3 is 1.16 bits per heavy atom. The van der Waals surface area contributed by atoms with Gasteiger partial charge in [-0.25, -0.2) is 0 Å². The smallest absolute Gasteiger partial charge is 0 e. The number of rotatable bonds is 3. The van der Waals surface area contributed by atoms with Crippen LogP contribution in [0, 0.1) is 14.9 Å². The van der Waals surface area contributed by atoms with Crippen molar-refractivity contribution in [2.45, 2.75) is 72.1 Å². The number of pyridine rings is 2. The minimum Gasteiger partial charge on any atom is -0.813 e. The van der Waals surface area contributed by atoms with Gasteiger partial charge in [-0.1, -0.05) is 41.5 Å². The van der Waals surface area contributed by atoms with Gasteiger partial charge in [-0.3, -0.25) is 9.97 Å². The number of hydrogen-bond acceptors (Lipinski definition) is 4. The summed E-state index contributed by atoms with van der Waals surface area (Å²) in [6, 6.07) is 8.46. The van der Waals surface area contributed by atoms with Gasteiger partial charge in [0.1, 0.15) is 0 Å². The zero-order chi connectivity index (χ0) is 20.8. The van der Waals surface area contributed by atoms with Crippen LogP contribution in [0.15, 0.2) is 36.7 Å². The first-order valence-corrected chi connectivity index (χ1v) is 28.7. The molecule has 0 amide bonds. The molecule has 2 radical (unpaired) electrons. The molecule has 0 aromatic carbocycles. The summed E-state index contributed by atoms with van der Waals surface area (Å²) < 4.78 is 0. The number of nitrogens with zero attached hydrogens (tertiary/aromatic N) is 2. The van der Waals surface area contributed by atoms with Gasteiger partial charge in [0.25, 0.3) is 0 Å². The second-order valence-electron chi connectivity index (χ2n) is 9.28. The molecular weight excluding hydrogens is 813 g/mol. The Hall–Kier alpha value is 1.29. The largest absolute Gasteiger partial charge is 0.813 e. The average molecular weight is 856 g/mol. The van der Waals surface area contributed by atoms with Crippen molar-refractivity contribution in [3.05, 3.63) is 62.6 Å². The van der Waals surface area contributed by atoms with Crippen LogP contribution in [0.1, 0.15) is 52.7 Å². The van der Waals surface area contributed by atoms with Gasteiger partial charge in [0, 0.05) is 33.5 Å². The maximum absolute atomic E-state index is 4.48. The molecule has 2 aromatic heterocycles. The molecule has 2 rings (SSSR count). The predicted octanol–water partition coefficient (Wildman–Crippen LogP) is 7.59. The molecule has 0 aliphatic heterocycles. The van der Waals surface area contributed by atoms with Crippen molar-refractivity contribution in [2.24, 2.45) is 0 Å².